The van der Waals surface area contributed by atoms with Gasteiger partial charge in [-0.05, 0) is 32.6 Å². The average molecular weight is 309 g/mol. The van der Waals surface area contributed by atoms with Crippen molar-refractivity contribution in [1.29, 1.82) is 0 Å². The molecule has 1 aromatic heterocycles. The summed E-state index contributed by atoms with van der Waals surface area (Å²) in [5.74, 6) is -1.45. The molecule has 22 heavy (non-hydrogen) atoms. The molecule has 8 nitrogen and oxygen atoms in total. The average Bonchev–Trinajstić information content (AvgIpc) is 2.45. The van der Waals surface area contributed by atoms with E-state index >= 15 is 0 Å². The molecule has 0 unspecified atom stereocenters. The van der Waals surface area contributed by atoms with Crippen LogP contribution in [0.1, 0.15) is 31.2 Å². The molecule has 1 aliphatic rings. The van der Waals surface area contributed by atoms with Crippen molar-refractivity contribution in [3.05, 3.63) is 32.6 Å². The number of rotatable bonds is 4. The first-order valence-electron chi connectivity index (χ1n) is 7.19. The number of carbonyl (C=O) groups is 2. The molecule has 0 bridgehead atoms. The standard InChI is InChI=1S/C14H19N3O5/c1-8-6-17(14(22)16-12(8)19)7-11(18)15-10-4-2-9(3-5-10)13(20)21/h6,9-10H,2-5,7H2,1H3,(H,15,18)(H,20,21)(H,16,19,22). The Hall–Kier alpha value is -2.38. The summed E-state index contributed by atoms with van der Waals surface area (Å²) in [6.07, 6.45) is 3.66. The zero-order valence-corrected chi connectivity index (χ0v) is 12.3. The summed E-state index contributed by atoms with van der Waals surface area (Å²) in [5, 5.41) is 11.7. The van der Waals surface area contributed by atoms with Gasteiger partial charge >= 0.3 is 11.7 Å². The number of aromatic amines is 1. The van der Waals surface area contributed by atoms with Crippen LogP contribution in [0, 0.1) is 12.8 Å². The van der Waals surface area contributed by atoms with Crippen LogP contribution in [-0.4, -0.2) is 32.6 Å². The second-order valence-corrected chi connectivity index (χ2v) is 5.65. The lowest BCUT2D eigenvalue weighted by atomic mass is 9.86. The number of carboxylic acid groups (broad SMARTS) is 1. The molecule has 0 radical (unpaired) electrons. The zero-order valence-electron chi connectivity index (χ0n) is 12.3. The number of hydrogen-bond acceptors (Lipinski definition) is 4. The highest BCUT2D eigenvalue weighted by Crippen LogP contribution is 2.24. The van der Waals surface area contributed by atoms with Gasteiger partial charge in [0.05, 0.1) is 5.92 Å². The molecule has 1 aliphatic carbocycles. The lowest BCUT2D eigenvalue weighted by Gasteiger charge is -2.26. The first-order chi connectivity index (χ1) is 10.4. The fourth-order valence-electron chi connectivity index (χ4n) is 2.65. The van der Waals surface area contributed by atoms with E-state index in [1.54, 1.807) is 6.92 Å². The highest BCUT2D eigenvalue weighted by atomic mass is 16.4. The van der Waals surface area contributed by atoms with Crippen LogP contribution < -0.4 is 16.6 Å². The van der Waals surface area contributed by atoms with Crippen molar-refractivity contribution in [3.63, 3.8) is 0 Å². The minimum absolute atomic E-state index is 0.0670. The molecule has 1 amide bonds. The van der Waals surface area contributed by atoms with Crippen LogP contribution in [-0.2, 0) is 16.1 Å². The first-order valence-corrected chi connectivity index (χ1v) is 7.19. The summed E-state index contributed by atoms with van der Waals surface area (Å²) in [6.45, 7) is 1.38. The Morgan fingerprint density at radius 1 is 1.32 bits per heavy atom. The van der Waals surface area contributed by atoms with Gasteiger partial charge in [0.1, 0.15) is 6.54 Å². The number of aryl methyl sites for hydroxylation is 1. The Labute approximate surface area is 126 Å². The van der Waals surface area contributed by atoms with Crippen molar-refractivity contribution in [2.24, 2.45) is 5.92 Å². The number of H-pyrrole nitrogens is 1. The van der Waals surface area contributed by atoms with E-state index in [2.05, 4.69) is 10.3 Å². The molecule has 1 fully saturated rings. The molecule has 0 atom stereocenters. The third-order valence-electron chi connectivity index (χ3n) is 3.94. The van der Waals surface area contributed by atoms with Crippen LogP contribution in [0.25, 0.3) is 0 Å². The molecule has 0 aromatic carbocycles. The predicted molar refractivity (Wildman–Crippen MR) is 77.6 cm³/mol. The van der Waals surface area contributed by atoms with E-state index in [9.17, 15) is 19.2 Å². The number of nitrogens with one attached hydrogen (secondary N) is 2. The molecule has 0 spiro atoms. The lowest BCUT2D eigenvalue weighted by molar-refractivity contribution is -0.142. The molecule has 0 aliphatic heterocycles. The van der Waals surface area contributed by atoms with Gasteiger partial charge in [0.25, 0.3) is 5.56 Å². The van der Waals surface area contributed by atoms with Gasteiger partial charge in [0.15, 0.2) is 0 Å². The zero-order chi connectivity index (χ0) is 16.3. The molecular weight excluding hydrogens is 290 g/mol. The largest absolute Gasteiger partial charge is 0.481 e. The first kappa shape index (κ1) is 16.0. The van der Waals surface area contributed by atoms with Crippen molar-refractivity contribution in [2.75, 3.05) is 0 Å². The van der Waals surface area contributed by atoms with Crippen LogP contribution in [0.15, 0.2) is 15.8 Å². The fraction of sp³-hybridized carbons (Fsp3) is 0.571. The number of aliphatic carboxylic acids is 1. The minimum Gasteiger partial charge on any atom is -0.481 e. The van der Waals surface area contributed by atoms with Crippen molar-refractivity contribution < 1.29 is 14.7 Å². The molecule has 120 valence electrons. The number of aromatic nitrogens is 2. The second-order valence-electron chi connectivity index (χ2n) is 5.65. The number of nitrogens with zero attached hydrogens (tertiary/aromatic N) is 1. The monoisotopic (exact) mass is 309 g/mol. The van der Waals surface area contributed by atoms with Crippen LogP contribution in [0.4, 0.5) is 0 Å². The Balaban J connectivity index is 1.92. The molecule has 3 N–H and O–H groups in total. The summed E-state index contributed by atoms with van der Waals surface area (Å²) < 4.78 is 1.15. The van der Waals surface area contributed by atoms with E-state index < -0.39 is 17.2 Å². The van der Waals surface area contributed by atoms with Crippen LogP contribution in [0.2, 0.25) is 0 Å². The number of carboxylic acids is 1. The highest BCUT2D eigenvalue weighted by Gasteiger charge is 2.26. The van der Waals surface area contributed by atoms with Gasteiger partial charge in [-0.2, -0.15) is 0 Å². The van der Waals surface area contributed by atoms with Gasteiger partial charge in [-0.1, -0.05) is 0 Å². The predicted octanol–water partition coefficient (Wildman–Crippen LogP) is -0.395. The van der Waals surface area contributed by atoms with E-state index in [1.165, 1.54) is 6.20 Å². The van der Waals surface area contributed by atoms with Gasteiger partial charge in [0, 0.05) is 17.8 Å². The maximum absolute atomic E-state index is 12.0. The van der Waals surface area contributed by atoms with Crippen LogP contribution >= 0.6 is 0 Å². The van der Waals surface area contributed by atoms with E-state index in [0.717, 1.165) is 4.57 Å². The van der Waals surface area contributed by atoms with E-state index in [1.807, 2.05) is 0 Å². The molecule has 0 saturated heterocycles. The second kappa shape index (κ2) is 6.59. The van der Waals surface area contributed by atoms with Crippen LogP contribution in [0.5, 0.6) is 0 Å². The summed E-state index contributed by atoms with van der Waals surface area (Å²) in [5.41, 5.74) is -0.733. The Kier molecular flexibility index (Phi) is 4.79. The molecule has 1 aromatic rings. The van der Waals surface area contributed by atoms with Gasteiger partial charge in [-0.25, -0.2) is 4.79 Å². The number of carbonyl (C=O) groups excluding carboxylic acids is 1. The van der Waals surface area contributed by atoms with E-state index in [4.69, 9.17) is 5.11 Å². The smallest absolute Gasteiger partial charge is 0.328 e. The van der Waals surface area contributed by atoms with Crippen LogP contribution in [0.3, 0.4) is 0 Å². The highest BCUT2D eigenvalue weighted by molar-refractivity contribution is 5.76. The van der Waals surface area contributed by atoms with Gasteiger partial charge < -0.3 is 10.4 Å². The van der Waals surface area contributed by atoms with E-state index in [0.29, 0.717) is 31.2 Å². The summed E-state index contributed by atoms with van der Waals surface area (Å²) in [4.78, 5) is 47.8. The van der Waals surface area contributed by atoms with Gasteiger partial charge in [0.2, 0.25) is 5.91 Å². The third-order valence-corrected chi connectivity index (χ3v) is 3.94. The number of hydrogen-bond donors (Lipinski definition) is 3. The molecular formula is C14H19N3O5. The Bertz CT molecular complexity index is 682. The molecule has 1 heterocycles. The molecule has 8 heteroatoms. The number of amides is 1. The summed E-state index contributed by atoms with van der Waals surface area (Å²) >= 11 is 0. The third kappa shape index (κ3) is 3.84. The summed E-state index contributed by atoms with van der Waals surface area (Å²) in [7, 11) is 0. The summed E-state index contributed by atoms with van der Waals surface area (Å²) in [6, 6.07) is -0.0670. The lowest BCUT2D eigenvalue weighted by Crippen LogP contribution is -2.42. The molecule has 2 rings (SSSR count). The Morgan fingerprint density at radius 2 is 1.95 bits per heavy atom. The maximum atomic E-state index is 12.0. The quantitative estimate of drug-likeness (QED) is 0.699. The van der Waals surface area contributed by atoms with Crippen molar-refractivity contribution in [3.8, 4) is 0 Å². The maximum Gasteiger partial charge on any atom is 0.328 e. The topological polar surface area (TPSA) is 121 Å². The van der Waals surface area contributed by atoms with Crippen molar-refractivity contribution in [1.82, 2.24) is 14.9 Å². The Morgan fingerprint density at radius 3 is 2.55 bits per heavy atom. The molecule has 1 saturated carbocycles. The fourth-order valence-corrected chi connectivity index (χ4v) is 2.65. The van der Waals surface area contributed by atoms with Gasteiger partial charge in [-0.15, -0.1) is 0 Å². The normalized spacial score (nSPS) is 21.3. The van der Waals surface area contributed by atoms with Crippen molar-refractivity contribution in [2.45, 2.75) is 45.2 Å². The van der Waals surface area contributed by atoms with Gasteiger partial charge in [-0.3, -0.25) is 23.9 Å². The van der Waals surface area contributed by atoms with E-state index in [-0.39, 0.29) is 24.4 Å². The minimum atomic E-state index is -0.792. The van der Waals surface area contributed by atoms with Crippen molar-refractivity contribution >= 4 is 11.9 Å². The SMILES string of the molecule is Cc1cn(CC(=O)NC2CCC(C(=O)O)CC2)c(=O)[nH]c1=O.